The van der Waals surface area contributed by atoms with Crippen LogP contribution < -0.4 is 14.8 Å². The van der Waals surface area contributed by atoms with Gasteiger partial charge in [0.05, 0.1) is 23.2 Å². The van der Waals surface area contributed by atoms with Gasteiger partial charge in [0.15, 0.2) is 18.1 Å². The lowest BCUT2D eigenvalue weighted by Gasteiger charge is -2.20. The summed E-state index contributed by atoms with van der Waals surface area (Å²) >= 11 is 0. The van der Waals surface area contributed by atoms with Gasteiger partial charge in [-0.15, -0.1) is 12.4 Å². The van der Waals surface area contributed by atoms with Crippen LogP contribution in [-0.4, -0.2) is 34.6 Å². The molecule has 0 aliphatic carbocycles. The van der Waals surface area contributed by atoms with E-state index < -0.39 is 0 Å². The van der Waals surface area contributed by atoms with Crippen molar-refractivity contribution in [3.63, 3.8) is 0 Å². The zero-order chi connectivity index (χ0) is 22.4. The van der Waals surface area contributed by atoms with Crippen LogP contribution in [0.4, 0.5) is 0 Å². The fourth-order valence-corrected chi connectivity index (χ4v) is 3.00. The molecular weight excluding hydrogens is 428 g/mol. The predicted octanol–water partition coefficient (Wildman–Crippen LogP) is 4.74. The Hall–Kier alpha value is -3.50. The third-order valence-corrected chi connectivity index (χ3v) is 4.22. The highest BCUT2D eigenvalue weighted by Crippen LogP contribution is 2.30. The van der Waals surface area contributed by atoms with E-state index in [4.69, 9.17) is 9.47 Å². The van der Waals surface area contributed by atoms with E-state index in [0.717, 1.165) is 16.6 Å². The summed E-state index contributed by atoms with van der Waals surface area (Å²) in [5.41, 5.74) is 2.49. The summed E-state index contributed by atoms with van der Waals surface area (Å²) in [7, 11) is 0. The van der Waals surface area contributed by atoms with E-state index in [9.17, 15) is 10.1 Å². The topological polar surface area (TPSA) is 100 Å². The molecule has 3 aromatic rings. The van der Waals surface area contributed by atoms with Crippen LogP contribution in [0.2, 0.25) is 0 Å². The summed E-state index contributed by atoms with van der Waals surface area (Å²) < 4.78 is 11.4. The number of carbonyl (C=O) groups excluding carboxylic acids is 1. The molecule has 2 aromatic carbocycles. The number of fused-ring (bicyclic) bond motifs is 1. The number of aromatic nitrogens is 2. The van der Waals surface area contributed by atoms with E-state index >= 15 is 0 Å². The Kier molecular flexibility index (Phi) is 8.27. The highest BCUT2D eigenvalue weighted by atomic mass is 35.5. The molecule has 0 aliphatic heterocycles. The molecule has 1 aromatic heterocycles. The number of hydrogen-bond acceptors (Lipinski definition) is 5. The van der Waals surface area contributed by atoms with Crippen LogP contribution in [-0.2, 0) is 4.79 Å². The molecule has 2 N–H and O–H groups in total. The van der Waals surface area contributed by atoms with Crippen molar-refractivity contribution in [2.45, 2.75) is 33.2 Å². The van der Waals surface area contributed by atoms with Crippen LogP contribution in [0, 0.1) is 11.3 Å². The second-order valence-corrected chi connectivity index (χ2v) is 8.00. The first-order valence-electron chi connectivity index (χ1n) is 10.1. The van der Waals surface area contributed by atoms with E-state index in [1.807, 2.05) is 52.0 Å². The monoisotopic (exact) mass is 454 g/mol. The Balaban J connectivity index is 0.00000363. The van der Waals surface area contributed by atoms with Gasteiger partial charge in [-0.2, -0.15) is 5.26 Å². The Morgan fingerprint density at radius 3 is 2.59 bits per heavy atom. The Labute approximate surface area is 193 Å². The molecular formula is C24H27ClN4O3. The number of rotatable bonds is 7. The maximum absolute atomic E-state index is 12.1. The van der Waals surface area contributed by atoms with Crippen LogP contribution in [0.1, 0.15) is 39.1 Å². The number of H-pyrrole nitrogens is 1. The smallest absolute Gasteiger partial charge is 0.258 e. The third kappa shape index (κ3) is 6.50. The number of aromatic amines is 1. The van der Waals surface area contributed by atoms with Crippen molar-refractivity contribution in [2.24, 2.45) is 0 Å². The minimum Gasteiger partial charge on any atom is -0.490 e. The van der Waals surface area contributed by atoms with Gasteiger partial charge in [-0.3, -0.25) is 4.79 Å². The number of nitriles is 1. The number of nitrogens with zero attached hydrogens (tertiary/aromatic N) is 2. The van der Waals surface area contributed by atoms with Crippen molar-refractivity contribution in [3.05, 3.63) is 53.9 Å². The lowest BCUT2D eigenvalue weighted by atomic mass is 10.1. The van der Waals surface area contributed by atoms with Crippen molar-refractivity contribution in [2.75, 3.05) is 13.2 Å². The standard InChI is InChI=1S/C24H26N4O3.ClH/c1-5-30-21-13-16(10-11-20(21)31-15-22(29)28-24(2,3)4)12-17(14-25)23-26-18-8-6-7-9-19(18)27-23;/h6-13H,5,15H2,1-4H3,(H,26,27)(H,28,29);1H/b17-12+;. The highest BCUT2D eigenvalue weighted by Gasteiger charge is 2.15. The molecule has 0 fully saturated rings. The molecule has 32 heavy (non-hydrogen) atoms. The highest BCUT2D eigenvalue weighted by molar-refractivity contribution is 5.90. The number of para-hydroxylation sites is 2. The van der Waals surface area contributed by atoms with Crippen molar-refractivity contribution < 1.29 is 14.3 Å². The second-order valence-electron chi connectivity index (χ2n) is 8.00. The minimum absolute atomic E-state index is 0. The summed E-state index contributed by atoms with van der Waals surface area (Å²) in [5.74, 6) is 1.25. The number of benzene rings is 2. The largest absolute Gasteiger partial charge is 0.490 e. The number of allylic oxidation sites excluding steroid dienone is 1. The number of halogens is 1. The van der Waals surface area contributed by atoms with Crippen molar-refractivity contribution in [1.29, 1.82) is 5.26 Å². The summed E-state index contributed by atoms with van der Waals surface area (Å²) in [6.07, 6.45) is 1.73. The second kappa shape index (κ2) is 10.7. The van der Waals surface area contributed by atoms with Crippen molar-refractivity contribution in [3.8, 4) is 17.6 Å². The molecule has 0 aliphatic rings. The van der Waals surface area contributed by atoms with Gasteiger partial charge in [-0.1, -0.05) is 18.2 Å². The summed E-state index contributed by atoms with van der Waals surface area (Å²) in [6, 6.07) is 15.1. The molecule has 1 amide bonds. The van der Waals surface area contributed by atoms with E-state index in [0.29, 0.717) is 29.5 Å². The molecule has 168 valence electrons. The van der Waals surface area contributed by atoms with Gasteiger partial charge in [0.1, 0.15) is 11.9 Å². The van der Waals surface area contributed by atoms with Gasteiger partial charge in [0, 0.05) is 5.54 Å². The van der Waals surface area contributed by atoms with Crippen LogP contribution >= 0.6 is 12.4 Å². The molecule has 3 rings (SSSR count). The molecule has 0 spiro atoms. The number of amides is 1. The quantitative estimate of drug-likeness (QED) is 0.502. The number of imidazole rings is 1. The summed E-state index contributed by atoms with van der Waals surface area (Å²) in [4.78, 5) is 19.7. The lowest BCUT2D eigenvalue weighted by Crippen LogP contribution is -2.43. The number of ether oxygens (including phenoxy) is 2. The zero-order valence-corrected chi connectivity index (χ0v) is 19.4. The van der Waals surface area contributed by atoms with Gasteiger partial charge in [0.25, 0.3) is 5.91 Å². The van der Waals surface area contributed by atoms with E-state index in [-0.39, 0.29) is 30.5 Å². The first-order valence-corrected chi connectivity index (χ1v) is 10.1. The maximum atomic E-state index is 12.1. The average Bonchev–Trinajstić information content (AvgIpc) is 3.14. The van der Waals surface area contributed by atoms with Crippen LogP contribution in [0.5, 0.6) is 11.5 Å². The van der Waals surface area contributed by atoms with Gasteiger partial charge < -0.3 is 19.8 Å². The fourth-order valence-electron chi connectivity index (χ4n) is 3.00. The minimum atomic E-state index is -0.331. The first kappa shape index (κ1) is 24.8. The number of nitrogens with one attached hydrogen (secondary N) is 2. The summed E-state index contributed by atoms with van der Waals surface area (Å²) in [5, 5.41) is 12.5. The van der Waals surface area contributed by atoms with Gasteiger partial charge >= 0.3 is 0 Å². The van der Waals surface area contributed by atoms with Gasteiger partial charge in [-0.05, 0) is 63.6 Å². The molecule has 7 nitrogen and oxygen atoms in total. The van der Waals surface area contributed by atoms with Gasteiger partial charge in [-0.25, -0.2) is 4.98 Å². The molecule has 0 saturated carbocycles. The normalized spacial score (nSPS) is 11.4. The molecule has 0 atom stereocenters. The lowest BCUT2D eigenvalue weighted by molar-refractivity contribution is -0.124. The Bertz CT molecular complexity index is 1120. The van der Waals surface area contributed by atoms with Crippen molar-refractivity contribution in [1.82, 2.24) is 15.3 Å². The zero-order valence-electron chi connectivity index (χ0n) is 18.6. The van der Waals surface area contributed by atoms with E-state index in [1.165, 1.54) is 0 Å². The molecule has 1 heterocycles. The predicted molar refractivity (Wildman–Crippen MR) is 128 cm³/mol. The number of carbonyl (C=O) groups is 1. The SMILES string of the molecule is CCOc1cc(/C=C(\C#N)c2nc3ccccc3[nH]2)ccc1OCC(=O)NC(C)(C)C.Cl. The van der Waals surface area contributed by atoms with Crippen LogP contribution in [0.3, 0.4) is 0 Å². The molecule has 0 saturated heterocycles. The van der Waals surface area contributed by atoms with E-state index in [1.54, 1.807) is 24.3 Å². The Morgan fingerprint density at radius 2 is 1.94 bits per heavy atom. The molecule has 0 bridgehead atoms. The molecule has 0 unspecified atom stereocenters. The fraction of sp³-hybridized carbons (Fsp3) is 0.292. The van der Waals surface area contributed by atoms with Crippen molar-refractivity contribution >= 4 is 41.0 Å². The number of hydrogen-bond donors (Lipinski definition) is 2. The Morgan fingerprint density at radius 1 is 1.19 bits per heavy atom. The maximum Gasteiger partial charge on any atom is 0.258 e. The van der Waals surface area contributed by atoms with Gasteiger partial charge in [0.2, 0.25) is 0 Å². The average molecular weight is 455 g/mol. The summed E-state index contributed by atoms with van der Waals surface area (Å²) in [6.45, 7) is 7.92. The third-order valence-electron chi connectivity index (χ3n) is 4.22. The molecule has 8 heteroatoms. The molecule has 0 radical (unpaired) electrons. The van der Waals surface area contributed by atoms with Crippen LogP contribution in [0.15, 0.2) is 42.5 Å². The van der Waals surface area contributed by atoms with E-state index in [2.05, 4.69) is 21.4 Å². The van der Waals surface area contributed by atoms with Crippen LogP contribution in [0.25, 0.3) is 22.7 Å². The first-order chi connectivity index (χ1) is 14.8.